The Morgan fingerprint density at radius 3 is 3.11 bits per heavy atom. The second-order valence-corrected chi connectivity index (χ2v) is 5.64. The fourth-order valence-corrected chi connectivity index (χ4v) is 3.40. The molecule has 19 heavy (non-hydrogen) atoms. The number of carbonyl (C=O) groups excluding carboxylic acids is 1. The molecule has 0 spiro atoms. The minimum Gasteiger partial charge on any atom is -0.361 e. The Labute approximate surface area is 113 Å². The molecule has 0 bridgehead atoms. The van der Waals surface area contributed by atoms with Crippen LogP contribution in [0.1, 0.15) is 30.4 Å². The summed E-state index contributed by atoms with van der Waals surface area (Å²) in [5, 5.41) is 4.80. The van der Waals surface area contributed by atoms with Gasteiger partial charge in [0, 0.05) is 35.0 Å². The molecule has 1 aliphatic carbocycles. The lowest BCUT2D eigenvalue weighted by Crippen LogP contribution is -2.37. The Balaban J connectivity index is 2.09. The highest BCUT2D eigenvalue weighted by Crippen LogP contribution is 2.39. The molecule has 1 unspecified atom stereocenters. The van der Waals surface area contributed by atoms with Gasteiger partial charge in [0.05, 0.1) is 0 Å². The molecule has 1 aliphatic rings. The average molecular weight is 256 g/mol. The van der Waals surface area contributed by atoms with Crippen LogP contribution in [0.15, 0.2) is 24.4 Å². The van der Waals surface area contributed by atoms with E-state index in [0.717, 1.165) is 19.1 Å². The van der Waals surface area contributed by atoms with Crippen molar-refractivity contribution in [1.29, 1.82) is 0 Å². The van der Waals surface area contributed by atoms with E-state index < -0.39 is 0 Å². The van der Waals surface area contributed by atoms with E-state index in [1.165, 1.54) is 22.0 Å². The van der Waals surface area contributed by atoms with Crippen molar-refractivity contribution in [2.75, 3.05) is 7.05 Å². The van der Waals surface area contributed by atoms with Gasteiger partial charge in [-0.05, 0) is 37.1 Å². The summed E-state index contributed by atoms with van der Waals surface area (Å²) in [5.74, 6) is 0.522. The topological polar surface area (TPSA) is 44.9 Å². The number of aromatic amines is 1. The molecule has 0 fully saturated rings. The van der Waals surface area contributed by atoms with Gasteiger partial charge >= 0.3 is 0 Å². The molecule has 2 aromatic rings. The van der Waals surface area contributed by atoms with Crippen molar-refractivity contribution in [3.05, 3.63) is 35.5 Å². The van der Waals surface area contributed by atoms with Crippen LogP contribution >= 0.6 is 0 Å². The second kappa shape index (κ2) is 4.82. The first-order valence-electron chi connectivity index (χ1n) is 6.96. The fraction of sp³-hybridized carbons (Fsp3) is 0.438. The van der Waals surface area contributed by atoms with E-state index >= 15 is 0 Å². The summed E-state index contributed by atoms with van der Waals surface area (Å²) in [6.45, 7) is 2.01. The Hall–Kier alpha value is -1.61. The number of likely N-dealkylation sites (N-methyl/N-ethyl adjacent to an activating group) is 1. The molecule has 100 valence electrons. The molecular formula is C16H20N2O. The summed E-state index contributed by atoms with van der Waals surface area (Å²) in [7, 11) is 2.01. The predicted molar refractivity (Wildman–Crippen MR) is 77.4 cm³/mol. The lowest BCUT2D eigenvalue weighted by Gasteiger charge is -2.33. The number of hydrogen-bond acceptors (Lipinski definition) is 2. The zero-order chi connectivity index (χ0) is 13.4. The SMILES string of the molecule is CN[C@@H]1Cc2c[nH]c3cccc(c23)[C@H]1CC(C)C=O. The molecule has 1 heterocycles. The standard InChI is InChI=1S/C16H20N2O/c1-10(9-19)6-13-12-4-3-5-14-16(12)11(8-18-14)7-15(13)17-2/h3-5,8-10,13,15,17-18H,6-7H2,1-2H3/t10?,13-,15-/m1/s1. The minimum atomic E-state index is 0.108. The molecule has 3 rings (SSSR count). The highest BCUT2D eigenvalue weighted by Gasteiger charge is 2.31. The molecular weight excluding hydrogens is 236 g/mol. The van der Waals surface area contributed by atoms with Crippen LogP contribution in [0.4, 0.5) is 0 Å². The maximum atomic E-state index is 11.0. The van der Waals surface area contributed by atoms with Crippen LogP contribution < -0.4 is 5.32 Å². The second-order valence-electron chi connectivity index (χ2n) is 5.64. The number of benzene rings is 1. The van der Waals surface area contributed by atoms with E-state index in [1.54, 1.807) is 0 Å². The summed E-state index contributed by atoms with van der Waals surface area (Å²) in [4.78, 5) is 14.3. The van der Waals surface area contributed by atoms with Crippen LogP contribution in [0.5, 0.6) is 0 Å². The van der Waals surface area contributed by atoms with Gasteiger partial charge in [-0.1, -0.05) is 19.1 Å². The van der Waals surface area contributed by atoms with Crippen molar-refractivity contribution < 1.29 is 4.79 Å². The van der Waals surface area contributed by atoms with Crippen molar-refractivity contribution in [2.45, 2.75) is 31.7 Å². The molecule has 3 atom stereocenters. The lowest BCUT2D eigenvalue weighted by atomic mass is 9.76. The fourth-order valence-electron chi connectivity index (χ4n) is 3.40. The molecule has 0 amide bonds. The van der Waals surface area contributed by atoms with Crippen LogP contribution in [-0.2, 0) is 11.2 Å². The largest absolute Gasteiger partial charge is 0.361 e. The van der Waals surface area contributed by atoms with Gasteiger partial charge in [0.1, 0.15) is 6.29 Å². The molecule has 0 saturated heterocycles. The molecule has 0 saturated carbocycles. The van der Waals surface area contributed by atoms with Gasteiger partial charge < -0.3 is 15.1 Å². The predicted octanol–water partition coefficient (Wildman–Crippen LogP) is 2.62. The van der Waals surface area contributed by atoms with E-state index in [4.69, 9.17) is 0 Å². The first kappa shape index (κ1) is 12.4. The number of aldehydes is 1. The number of aromatic nitrogens is 1. The summed E-state index contributed by atoms with van der Waals surface area (Å²) in [5.41, 5.74) is 3.99. The van der Waals surface area contributed by atoms with Crippen LogP contribution in [0.2, 0.25) is 0 Å². The molecule has 0 aliphatic heterocycles. The van der Waals surface area contributed by atoms with Crippen LogP contribution in [0, 0.1) is 5.92 Å². The maximum Gasteiger partial charge on any atom is 0.122 e. The molecule has 1 aromatic carbocycles. The van der Waals surface area contributed by atoms with Crippen molar-refractivity contribution >= 4 is 17.2 Å². The molecule has 1 aromatic heterocycles. The Kier molecular flexibility index (Phi) is 3.15. The number of hydrogen-bond donors (Lipinski definition) is 2. The van der Waals surface area contributed by atoms with Crippen molar-refractivity contribution in [1.82, 2.24) is 10.3 Å². The Morgan fingerprint density at radius 2 is 2.37 bits per heavy atom. The van der Waals surface area contributed by atoms with Gasteiger partial charge in [0.2, 0.25) is 0 Å². The van der Waals surface area contributed by atoms with E-state index in [-0.39, 0.29) is 5.92 Å². The summed E-state index contributed by atoms with van der Waals surface area (Å²) < 4.78 is 0. The lowest BCUT2D eigenvalue weighted by molar-refractivity contribution is -0.110. The summed E-state index contributed by atoms with van der Waals surface area (Å²) in [6.07, 6.45) is 5.14. The molecule has 3 heteroatoms. The smallest absolute Gasteiger partial charge is 0.122 e. The van der Waals surface area contributed by atoms with Crippen LogP contribution in [0.3, 0.4) is 0 Å². The summed E-state index contributed by atoms with van der Waals surface area (Å²) in [6, 6.07) is 6.86. The van der Waals surface area contributed by atoms with Crippen molar-refractivity contribution in [3.8, 4) is 0 Å². The Bertz CT molecular complexity index is 602. The monoisotopic (exact) mass is 256 g/mol. The molecule has 2 N–H and O–H groups in total. The number of carbonyl (C=O) groups is 1. The molecule has 0 radical (unpaired) electrons. The van der Waals surface area contributed by atoms with E-state index in [2.05, 4.69) is 34.7 Å². The quantitative estimate of drug-likeness (QED) is 0.826. The van der Waals surface area contributed by atoms with Crippen LogP contribution in [0.25, 0.3) is 10.9 Å². The average Bonchev–Trinajstić information content (AvgIpc) is 2.86. The third kappa shape index (κ3) is 1.98. The van der Waals surface area contributed by atoms with Gasteiger partial charge in [0.25, 0.3) is 0 Å². The normalized spacial score (nSPS) is 23.5. The van der Waals surface area contributed by atoms with Crippen LogP contribution in [-0.4, -0.2) is 24.4 Å². The van der Waals surface area contributed by atoms with Gasteiger partial charge in [0.15, 0.2) is 0 Å². The highest BCUT2D eigenvalue weighted by atomic mass is 16.1. The first-order valence-corrected chi connectivity index (χ1v) is 6.96. The zero-order valence-corrected chi connectivity index (χ0v) is 11.4. The van der Waals surface area contributed by atoms with E-state index in [1.807, 2.05) is 14.0 Å². The first-order chi connectivity index (χ1) is 9.24. The van der Waals surface area contributed by atoms with Crippen molar-refractivity contribution in [2.24, 2.45) is 5.92 Å². The minimum absolute atomic E-state index is 0.108. The molecule has 3 nitrogen and oxygen atoms in total. The number of rotatable bonds is 4. The number of H-pyrrole nitrogens is 1. The zero-order valence-electron chi connectivity index (χ0n) is 11.4. The van der Waals surface area contributed by atoms with E-state index in [9.17, 15) is 4.79 Å². The Morgan fingerprint density at radius 1 is 1.53 bits per heavy atom. The van der Waals surface area contributed by atoms with Gasteiger partial charge in [-0.25, -0.2) is 0 Å². The van der Waals surface area contributed by atoms with Gasteiger partial charge in [-0.3, -0.25) is 0 Å². The highest BCUT2D eigenvalue weighted by molar-refractivity contribution is 5.88. The maximum absolute atomic E-state index is 11.0. The van der Waals surface area contributed by atoms with Crippen molar-refractivity contribution in [3.63, 3.8) is 0 Å². The summed E-state index contributed by atoms with van der Waals surface area (Å²) >= 11 is 0. The van der Waals surface area contributed by atoms with Gasteiger partial charge in [-0.2, -0.15) is 0 Å². The third-order valence-corrected chi connectivity index (χ3v) is 4.37. The third-order valence-electron chi connectivity index (χ3n) is 4.37. The van der Waals surface area contributed by atoms with Gasteiger partial charge in [-0.15, -0.1) is 0 Å². The van der Waals surface area contributed by atoms with E-state index in [0.29, 0.717) is 12.0 Å². The number of nitrogens with one attached hydrogen (secondary N) is 2.